The number of benzene rings is 1. The molecule has 0 unspecified atom stereocenters. The van der Waals surface area contributed by atoms with E-state index >= 15 is 0 Å². The number of rotatable bonds is 4. The van der Waals surface area contributed by atoms with Gasteiger partial charge in [0.15, 0.2) is 0 Å². The molecule has 2 heterocycles. The summed E-state index contributed by atoms with van der Waals surface area (Å²) in [4.78, 5) is 51.5. The third kappa shape index (κ3) is 4.38. The van der Waals surface area contributed by atoms with Gasteiger partial charge < -0.3 is 15.1 Å². The molecule has 0 radical (unpaired) electrons. The molecular formula is C17H19FN4O4S. The van der Waals surface area contributed by atoms with E-state index < -0.39 is 11.8 Å². The molecule has 1 aromatic rings. The lowest BCUT2D eigenvalue weighted by Gasteiger charge is -2.35. The number of piperazine rings is 1. The third-order valence-electron chi connectivity index (χ3n) is 4.42. The van der Waals surface area contributed by atoms with E-state index in [0.717, 1.165) is 16.7 Å². The maximum Gasteiger partial charge on any atom is 0.312 e. The van der Waals surface area contributed by atoms with Crippen molar-refractivity contribution in [2.24, 2.45) is 0 Å². The van der Waals surface area contributed by atoms with Gasteiger partial charge in [0.2, 0.25) is 5.91 Å². The molecule has 2 aliphatic rings. The van der Waals surface area contributed by atoms with Gasteiger partial charge in [0.25, 0.3) is 5.24 Å². The van der Waals surface area contributed by atoms with Crippen LogP contribution in [0.15, 0.2) is 24.3 Å². The van der Waals surface area contributed by atoms with E-state index in [1.807, 2.05) is 4.90 Å². The van der Waals surface area contributed by atoms with Gasteiger partial charge in [-0.25, -0.2) is 4.39 Å². The van der Waals surface area contributed by atoms with E-state index in [0.29, 0.717) is 31.9 Å². The molecule has 0 bridgehead atoms. The fraction of sp³-hybridized carbons (Fsp3) is 0.412. The number of anilines is 1. The van der Waals surface area contributed by atoms with Crippen molar-refractivity contribution in [1.82, 2.24) is 15.1 Å². The van der Waals surface area contributed by atoms with Crippen LogP contribution in [0.2, 0.25) is 0 Å². The van der Waals surface area contributed by atoms with Crippen LogP contribution < -0.4 is 10.2 Å². The molecule has 10 heteroatoms. The fourth-order valence-corrected chi connectivity index (χ4v) is 3.71. The molecule has 2 aliphatic heterocycles. The molecule has 1 N–H and O–H groups in total. The minimum atomic E-state index is -0.777. The van der Waals surface area contributed by atoms with Gasteiger partial charge in [-0.15, -0.1) is 0 Å². The molecule has 0 aromatic heterocycles. The fourth-order valence-electron chi connectivity index (χ4n) is 2.96. The Hall–Kier alpha value is -2.62. The second kappa shape index (κ2) is 8.38. The van der Waals surface area contributed by atoms with Gasteiger partial charge in [0.1, 0.15) is 5.82 Å². The zero-order chi connectivity index (χ0) is 19.4. The summed E-state index contributed by atoms with van der Waals surface area (Å²) in [6.45, 7) is 1.53. The Bertz CT molecular complexity index is 751. The van der Waals surface area contributed by atoms with Crippen LogP contribution in [0.25, 0.3) is 0 Å². The van der Waals surface area contributed by atoms with Crippen LogP contribution in [0.5, 0.6) is 0 Å². The first-order valence-corrected chi connectivity index (χ1v) is 9.49. The predicted molar refractivity (Wildman–Crippen MR) is 97.8 cm³/mol. The zero-order valence-electron chi connectivity index (χ0n) is 14.5. The molecular weight excluding hydrogens is 375 g/mol. The lowest BCUT2D eigenvalue weighted by Crippen LogP contribution is -2.53. The van der Waals surface area contributed by atoms with E-state index in [1.165, 1.54) is 11.0 Å². The smallest absolute Gasteiger partial charge is 0.312 e. The maximum atomic E-state index is 13.8. The Morgan fingerprint density at radius 3 is 2.44 bits per heavy atom. The second-order valence-corrected chi connectivity index (χ2v) is 7.01. The summed E-state index contributed by atoms with van der Waals surface area (Å²) < 4.78 is 13.8. The number of imide groups is 1. The molecule has 0 spiro atoms. The number of halogens is 1. The van der Waals surface area contributed by atoms with E-state index in [9.17, 15) is 23.6 Å². The number of thioether (sulfide) groups is 1. The number of hydrogen-bond acceptors (Lipinski definition) is 6. The van der Waals surface area contributed by atoms with Crippen LogP contribution in [0, 0.1) is 5.82 Å². The van der Waals surface area contributed by atoms with Gasteiger partial charge in [0, 0.05) is 39.3 Å². The number of nitrogens with one attached hydrogen (secondary N) is 1. The summed E-state index contributed by atoms with van der Waals surface area (Å²) in [5, 5.41) is 2.10. The monoisotopic (exact) mass is 394 g/mol. The van der Waals surface area contributed by atoms with Crippen molar-refractivity contribution in [3.63, 3.8) is 0 Å². The SMILES string of the molecule is O=C(NCCN1C(=O)CSC1=O)C(=O)N1CCN(c2ccccc2F)CC1. The van der Waals surface area contributed by atoms with Gasteiger partial charge in [-0.2, -0.15) is 0 Å². The Labute approximate surface area is 159 Å². The highest BCUT2D eigenvalue weighted by atomic mass is 32.2. The van der Waals surface area contributed by atoms with Crippen molar-refractivity contribution in [3.05, 3.63) is 30.1 Å². The highest BCUT2D eigenvalue weighted by Crippen LogP contribution is 2.20. The average molecular weight is 394 g/mol. The molecule has 3 rings (SSSR count). The quantitative estimate of drug-likeness (QED) is 0.738. The van der Waals surface area contributed by atoms with Gasteiger partial charge >= 0.3 is 11.8 Å². The third-order valence-corrected chi connectivity index (χ3v) is 5.27. The van der Waals surface area contributed by atoms with E-state index in [-0.39, 0.29) is 35.8 Å². The summed E-state index contributed by atoms with van der Waals surface area (Å²) in [7, 11) is 0. The van der Waals surface area contributed by atoms with Crippen molar-refractivity contribution >= 4 is 40.4 Å². The van der Waals surface area contributed by atoms with E-state index in [1.54, 1.807) is 18.2 Å². The second-order valence-electron chi connectivity index (χ2n) is 6.09. The highest BCUT2D eigenvalue weighted by molar-refractivity contribution is 8.14. The van der Waals surface area contributed by atoms with Crippen molar-refractivity contribution in [3.8, 4) is 0 Å². The van der Waals surface area contributed by atoms with Crippen molar-refractivity contribution in [2.75, 3.05) is 49.9 Å². The Morgan fingerprint density at radius 2 is 1.81 bits per heavy atom. The number of para-hydroxylation sites is 1. The lowest BCUT2D eigenvalue weighted by molar-refractivity contribution is -0.146. The van der Waals surface area contributed by atoms with Crippen LogP contribution in [-0.2, 0) is 14.4 Å². The first-order valence-electron chi connectivity index (χ1n) is 8.51. The van der Waals surface area contributed by atoms with Gasteiger partial charge in [-0.1, -0.05) is 23.9 Å². The molecule has 2 saturated heterocycles. The molecule has 0 saturated carbocycles. The normalized spacial score (nSPS) is 17.4. The van der Waals surface area contributed by atoms with Crippen LogP contribution in [0.3, 0.4) is 0 Å². The minimum absolute atomic E-state index is 0.0256. The minimum Gasteiger partial charge on any atom is -0.366 e. The molecule has 0 atom stereocenters. The summed E-state index contributed by atoms with van der Waals surface area (Å²) in [6, 6.07) is 6.43. The number of amides is 4. The van der Waals surface area contributed by atoms with E-state index in [2.05, 4.69) is 5.32 Å². The summed E-state index contributed by atoms with van der Waals surface area (Å²) in [5.41, 5.74) is 0.479. The Morgan fingerprint density at radius 1 is 1.11 bits per heavy atom. The molecule has 4 amide bonds. The molecule has 8 nitrogen and oxygen atoms in total. The highest BCUT2D eigenvalue weighted by Gasteiger charge is 2.30. The van der Waals surface area contributed by atoms with Crippen LogP contribution >= 0.6 is 11.8 Å². The summed E-state index contributed by atoms with van der Waals surface area (Å²) in [5.74, 6) is -1.95. The predicted octanol–water partition coefficient (Wildman–Crippen LogP) is 0.286. The summed E-state index contributed by atoms with van der Waals surface area (Å²) >= 11 is 0.919. The molecule has 27 heavy (non-hydrogen) atoms. The lowest BCUT2D eigenvalue weighted by atomic mass is 10.2. The molecule has 2 fully saturated rings. The van der Waals surface area contributed by atoms with Crippen LogP contribution in [0.4, 0.5) is 14.9 Å². The summed E-state index contributed by atoms with van der Waals surface area (Å²) in [6.07, 6.45) is 0. The number of carbonyl (C=O) groups is 4. The Kier molecular flexibility index (Phi) is 5.94. The Balaban J connectivity index is 1.44. The molecule has 0 aliphatic carbocycles. The largest absolute Gasteiger partial charge is 0.366 e. The number of carbonyl (C=O) groups excluding carboxylic acids is 4. The topological polar surface area (TPSA) is 90.0 Å². The number of nitrogens with zero attached hydrogens (tertiary/aromatic N) is 3. The zero-order valence-corrected chi connectivity index (χ0v) is 15.3. The van der Waals surface area contributed by atoms with Crippen LogP contribution in [0.1, 0.15) is 0 Å². The number of hydrogen-bond donors (Lipinski definition) is 1. The van der Waals surface area contributed by atoms with E-state index in [4.69, 9.17) is 0 Å². The molecule has 144 valence electrons. The maximum absolute atomic E-state index is 13.8. The molecule has 1 aromatic carbocycles. The standard InChI is InChI=1S/C17H19FN4O4S/c18-12-3-1-2-4-13(12)20-7-9-21(10-8-20)16(25)15(24)19-5-6-22-14(23)11-27-17(22)26/h1-4H,5-11H2,(H,19,24). The van der Waals surface area contributed by atoms with Crippen molar-refractivity contribution < 1.29 is 23.6 Å². The van der Waals surface area contributed by atoms with Crippen LogP contribution in [-0.4, -0.2) is 77.8 Å². The van der Waals surface area contributed by atoms with Crippen molar-refractivity contribution in [1.29, 1.82) is 0 Å². The van der Waals surface area contributed by atoms with Crippen molar-refractivity contribution in [2.45, 2.75) is 0 Å². The van der Waals surface area contributed by atoms with Gasteiger partial charge in [-0.3, -0.25) is 24.1 Å². The first kappa shape index (κ1) is 19.2. The van der Waals surface area contributed by atoms with Gasteiger partial charge in [0.05, 0.1) is 11.4 Å². The van der Waals surface area contributed by atoms with Gasteiger partial charge in [-0.05, 0) is 12.1 Å². The first-order chi connectivity index (χ1) is 13.0. The average Bonchev–Trinajstić information content (AvgIpc) is 3.00.